The Morgan fingerprint density at radius 3 is 2.57 bits per heavy atom. The molecule has 1 unspecified atom stereocenters. The number of hydrogen-bond acceptors (Lipinski definition) is 1. The van der Waals surface area contributed by atoms with Crippen LogP contribution in [0.15, 0.2) is 24.3 Å². The SMILES string of the molecule is C[C@H](NCC1CCCc2ccccc21)C1CCCCCC1. The molecular weight excluding hydrogens is 254 g/mol. The summed E-state index contributed by atoms with van der Waals surface area (Å²) in [7, 11) is 0. The molecule has 0 radical (unpaired) electrons. The summed E-state index contributed by atoms with van der Waals surface area (Å²) in [5.74, 6) is 1.65. The molecule has 1 aromatic rings. The van der Waals surface area contributed by atoms with E-state index in [1.807, 2.05) is 0 Å². The molecular formula is C20H31N. The van der Waals surface area contributed by atoms with Crippen molar-refractivity contribution in [2.75, 3.05) is 6.54 Å². The van der Waals surface area contributed by atoms with E-state index < -0.39 is 0 Å². The summed E-state index contributed by atoms with van der Waals surface area (Å²) < 4.78 is 0. The van der Waals surface area contributed by atoms with Gasteiger partial charge in [-0.05, 0) is 62.0 Å². The maximum Gasteiger partial charge on any atom is 0.00672 e. The molecule has 2 atom stereocenters. The smallest absolute Gasteiger partial charge is 0.00672 e. The predicted molar refractivity (Wildman–Crippen MR) is 90.8 cm³/mol. The van der Waals surface area contributed by atoms with Crippen LogP contribution < -0.4 is 5.32 Å². The van der Waals surface area contributed by atoms with Crippen LogP contribution in [0.25, 0.3) is 0 Å². The summed E-state index contributed by atoms with van der Waals surface area (Å²) in [4.78, 5) is 0. The second kappa shape index (κ2) is 7.45. The van der Waals surface area contributed by atoms with Crippen LogP contribution in [0.1, 0.15) is 75.3 Å². The van der Waals surface area contributed by atoms with Crippen molar-refractivity contribution in [1.82, 2.24) is 5.32 Å². The predicted octanol–water partition coefficient (Wildman–Crippen LogP) is 5.06. The van der Waals surface area contributed by atoms with Crippen molar-refractivity contribution in [3.05, 3.63) is 35.4 Å². The minimum atomic E-state index is 0.692. The Kier molecular flexibility index (Phi) is 5.35. The summed E-state index contributed by atoms with van der Waals surface area (Å²) in [5.41, 5.74) is 3.21. The van der Waals surface area contributed by atoms with E-state index in [4.69, 9.17) is 0 Å². The molecule has 21 heavy (non-hydrogen) atoms. The highest BCUT2D eigenvalue weighted by molar-refractivity contribution is 5.32. The topological polar surface area (TPSA) is 12.0 Å². The van der Waals surface area contributed by atoms with Crippen LogP contribution in [-0.2, 0) is 6.42 Å². The quantitative estimate of drug-likeness (QED) is 0.763. The molecule has 1 N–H and O–H groups in total. The highest BCUT2D eigenvalue weighted by Crippen LogP contribution is 2.31. The highest BCUT2D eigenvalue weighted by atomic mass is 14.9. The summed E-state index contributed by atoms with van der Waals surface area (Å²) in [5, 5.41) is 3.89. The van der Waals surface area contributed by atoms with Crippen molar-refractivity contribution in [3.8, 4) is 0 Å². The van der Waals surface area contributed by atoms with Gasteiger partial charge in [-0.15, -0.1) is 0 Å². The molecule has 0 bridgehead atoms. The van der Waals surface area contributed by atoms with E-state index in [0.717, 1.165) is 11.8 Å². The normalized spacial score (nSPS) is 25.1. The molecule has 0 spiro atoms. The fraction of sp³-hybridized carbons (Fsp3) is 0.700. The number of nitrogens with one attached hydrogen (secondary N) is 1. The van der Waals surface area contributed by atoms with Crippen molar-refractivity contribution >= 4 is 0 Å². The van der Waals surface area contributed by atoms with Crippen LogP contribution in [-0.4, -0.2) is 12.6 Å². The van der Waals surface area contributed by atoms with Crippen LogP contribution in [0, 0.1) is 5.92 Å². The fourth-order valence-electron chi connectivity index (χ4n) is 4.37. The number of rotatable bonds is 4. The van der Waals surface area contributed by atoms with Crippen molar-refractivity contribution < 1.29 is 0 Å². The van der Waals surface area contributed by atoms with Crippen LogP contribution in [0.5, 0.6) is 0 Å². The molecule has 1 nitrogen and oxygen atoms in total. The number of aryl methyl sites for hydroxylation is 1. The molecule has 1 fully saturated rings. The van der Waals surface area contributed by atoms with Crippen molar-refractivity contribution in [2.45, 2.75) is 76.7 Å². The first-order chi connectivity index (χ1) is 10.3. The van der Waals surface area contributed by atoms with E-state index in [-0.39, 0.29) is 0 Å². The van der Waals surface area contributed by atoms with E-state index >= 15 is 0 Å². The minimum absolute atomic E-state index is 0.692. The van der Waals surface area contributed by atoms with Gasteiger partial charge in [-0.3, -0.25) is 0 Å². The second-order valence-corrected chi connectivity index (χ2v) is 7.24. The third-order valence-electron chi connectivity index (χ3n) is 5.79. The van der Waals surface area contributed by atoms with Crippen molar-refractivity contribution in [1.29, 1.82) is 0 Å². The molecule has 0 amide bonds. The summed E-state index contributed by atoms with van der Waals surface area (Å²) in [6.07, 6.45) is 12.7. The molecule has 0 saturated heterocycles. The summed E-state index contributed by atoms with van der Waals surface area (Å²) in [6.45, 7) is 3.60. The number of benzene rings is 1. The van der Waals surface area contributed by atoms with Gasteiger partial charge in [0.1, 0.15) is 0 Å². The molecule has 0 aromatic heterocycles. The highest BCUT2D eigenvalue weighted by Gasteiger charge is 2.23. The summed E-state index contributed by atoms with van der Waals surface area (Å²) in [6, 6.07) is 9.79. The zero-order valence-electron chi connectivity index (χ0n) is 13.6. The van der Waals surface area contributed by atoms with Gasteiger partial charge in [-0.1, -0.05) is 49.9 Å². The van der Waals surface area contributed by atoms with Crippen molar-refractivity contribution in [2.24, 2.45) is 5.92 Å². The van der Waals surface area contributed by atoms with Crippen molar-refractivity contribution in [3.63, 3.8) is 0 Å². The molecule has 2 aliphatic carbocycles. The average molecular weight is 285 g/mol. The second-order valence-electron chi connectivity index (χ2n) is 7.24. The van der Waals surface area contributed by atoms with Crippen LogP contribution >= 0.6 is 0 Å². The van der Waals surface area contributed by atoms with Gasteiger partial charge in [0, 0.05) is 12.6 Å². The monoisotopic (exact) mass is 285 g/mol. The van der Waals surface area contributed by atoms with Gasteiger partial charge in [0.15, 0.2) is 0 Å². The minimum Gasteiger partial charge on any atom is -0.313 e. The van der Waals surface area contributed by atoms with Gasteiger partial charge in [0.2, 0.25) is 0 Å². The first-order valence-electron chi connectivity index (χ1n) is 9.16. The molecule has 116 valence electrons. The average Bonchev–Trinajstić information content (AvgIpc) is 2.82. The molecule has 1 heteroatoms. The van der Waals surface area contributed by atoms with Gasteiger partial charge >= 0.3 is 0 Å². The molecule has 1 aromatic carbocycles. The molecule has 0 heterocycles. The maximum atomic E-state index is 3.89. The van der Waals surface area contributed by atoms with E-state index in [2.05, 4.69) is 36.5 Å². The Labute approximate surface area is 130 Å². The third-order valence-corrected chi connectivity index (χ3v) is 5.79. The molecule has 3 rings (SSSR count). The standard InChI is InChI=1S/C20H31N/c1-16(17-9-4-2-3-5-10-17)21-15-19-13-8-12-18-11-6-7-14-20(18)19/h6-7,11,14,16-17,19,21H,2-5,8-10,12-13,15H2,1H3/t16-,19?/m0/s1. The van der Waals surface area contributed by atoms with Crippen LogP contribution in [0.2, 0.25) is 0 Å². The van der Waals surface area contributed by atoms with E-state index in [9.17, 15) is 0 Å². The lowest BCUT2D eigenvalue weighted by Gasteiger charge is -2.29. The Balaban J connectivity index is 1.55. The van der Waals surface area contributed by atoms with Gasteiger partial charge in [-0.2, -0.15) is 0 Å². The summed E-state index contributed by atoms with van der Waals surface area (Å²) >= 11 is 0. The zero-order valence-corrected chi connectivity index (χ0v) is 13.6. The third kappa shape index (κ3) is 3.88. The first-order valence-corrected chi connectivity index (χ1v) is 9.16. The lowest BCUT2D eigenvalue weighted by Crippen LogP contribution is -2.36. The van der Waals surface area contributed by atoms with E-state index in [1.165, 1.54) is 64.3 Å². The van der Waals surface area contributed by atoms with Crippen LogP contribution in [0.4, 0.5) is 0 Å². The molecule has 0 aliphatic heterocycles. The number of fused-ring (bicyclic) bond motifs is 1. The van der Waals surface area contributed by atoms with E-state index in [1.54, 1.807) is 11.1 Å². The maximum absolute atomic E-state index is 3.89. The van der Waals surface area contributed by atoms with Gasteiger partial charge in [0.05, 0.1) is 0 Å². The lowest BCUT2D eigenvalue weighted by atomic mass is 9.82. The Morgan fingerprint density at radius 2 is 1.76 bits per heavy atom. The first kappa shape index (κ1) is 15.1. The van der Waals surface area contributed by atoms with E-state index in [0.29, 0.717) is 6.04 Å². The van der Waals surface area contributed by atoms with Crippen LogP contribution in [0.3, 0.4) is 0 Å². The van der Waals surface area contributed by atoms with Gasteiger partial charge < -0.3 is 5.32 Å². The lowest BCUT2D eigenvalue weighted by molar-refractivity contribution is 0.327. The molecule has 2 aliphatic rings. The largest absolute Gasteiger partial charge is 0.313 e. The fourth-order valence-corrected chi connectivity index (χ4v) is 4.37. The Morgan fingerprint density at radius 1 is 1.00 bits per heavy atom. The Bertz CT molecular complexity index is 431. The Hall–Kier alpha value is -0.820. The van der Waals surface area contributed by atoms with Gasteiger partial charge in [0.25, 0.3) is 0 Å². The zero-order chi connectivity index (χ0) is 14.5. The van der Waals surface area contributed by atoms with Gasteiger partial charge in [-0.25, -0.2) is 0 Å². The molecule has 1 saturated carbocycles. The number of hydrogen-bond donors (Lipinski definition) is 1.